The highest BCUT2D eigenvalue weighted by molar-refractivity contribution is 6.31. The van der Waals surface area contributed by atoms with E-state index in [4.69, 9.17) is 11.6 Å². The maximum absolute atomic E-state index is 6.48. The molecule has 0 spiro atoms. The average Bonchev–Trinajstić information content (AvgIpc) is 2.76. The Morgan fingerprint density at radius 1 is 1.35 bits per heavy atom. The molecule has 1 aliphatic rings. The maximum atomic E-state index is 6.48. The fourth-order valence-electron chi connectivity index (χ4n) is 2.99. The Morgan fingerprint density at radius 3 is 2.65 bits per heavy atom. The molecule has 1 fully saturated rings. The van der Waals surface area contributed by atoms with E-state index in [0.717, 1.165) is 55.8 Å². The number of nitrogens with zero attached hydrogens (tertiary/aromatic N) is 3. The van der Waals surface area contributed by atoms with Gasteiger partial charge in [0.1, 0.15) is 0 Å². The molecule has 0 aromatic carbocycles. The van der Waals surface area contributed by atoms with Gasteiger partial charge in [-0.15, -0.1) is 0 Å². The number of aryl methyl sites for hydroxylation is 2. The minimum atomic E-state index is 0.809. The third-order valence-electron chi connectivity index (χ3n) is 4.14. The number of aromatic nitrogens is 2. The molecule has 114 valence electrons. The Labute approximate surface area is 127 Å². The number of rotatable bonds is 6. The maximum Gasteiger partial charge on any atom is 0.0863 e. The van der Waals surface area contributed by atoms with Crippen LogP contribution in [0.1, 0.15) is 38.1 Å². The second-order valence-corrected chi connectivity index (χ2v) is 6.14. The van der Waals surface area contributed by atoms with Crippen molar-refractivity contribution in [1.82, 2.24) is 20.0 Å². The van der Waals surface area contributed by atoms with Crippen molar-refractivity contribution in [3.8, 4) is 0 Å². The first kappa shape index (κ1) is 15.8. The molecule has 1 aromatic heterocycles. The van der Waals surface area contributed by atoms with Gasteiger partial charge < -0.3 is 10.2 Å². The smallest absolute Gasteiger partial charge is 0.0863 e. The van der Waals surface area contributed by atoms with Crippen molar-refractivity contribution >= 4 is 11.6 Å². The van der Waals surface area contributed by atoms with Crippen LogP contribution >= 0.6 is 11.6 Å². The summed E-state index contributed by atoms with van der Waals surface area (Å²) in [6.45, 7) is 9.47. The SMILES string of the molecule is CCc1nn(CC)c(CN(C)CC2CCNCC2)c1Cl. The van der Waals surface area contributed by atoms with Gasteiger partial charge in [-0.25, -0.2) is 0 Å². The first-order valence-electron chi connectivity index (χ1n) is 7.79. The Bertz CT molecular complexity index is 424. The van der Waals surface area contributed by atoms with Gasteiger partial charge in [-0.2, -0.15) is 5.10 Å². The van der Waals surface area contributed by atoms with Crippen LogP contribution < -0.4 is 5.32 Å². The van der Waals surface area contributed by atoms with Crippen molar-refractivity contribution in [1.29, 1.82) is 0 Å². The normalized spacial score (nSPS) is 17.1. The second-order valence-electron chi connectivity index (χ2n) is 5.77. The molecule has 2 rings (SSSR count). The first-order chi connectivity index (χ1) is 9.65. The van der Waals surface area contributed by atoms with Gasteiger partial charge in [-0.3, -0.25) is 4.68 Å². The largest absolute Gasteiger partial charge is 0.317 e. The fourth-order valence-corrected chi connectivity index (χ4v) is 3.32. The molecule has 0 aliphatic carbocycles. The molecule has 0 unspecified atom stereocenters. The summed E-state index contributed by atoms with van der Waals surface area (Å²) in [6.07, 6.45) is 3.47. The van der Waals surface area contributed by atoms with E-state index in [-0.39, 0.29) is 0 Å². The summed E-state index contributed by atoms with van der Waals surface area (Å²) in [5.74, 6) is 0.809. The number of piperidine rings is 1. The molecule has 1 saturated heterocycles. The Kier molecular flexibility index (Phi) is 5.87. The lowest BCUT2D eigenvalue weighted by molar-refractivity contribution is 0.230. The van der Waals surface area contributed by atoms with Gasteiger partial charge in [0, 0.05) is 19.6 Å². The van der Waals surface area contributed by atoms with Gasteiger partial charge in [0.2, 0.25) is 0 Å². The molecule has 20 heavy (non-hydrogen) atoms. The summed E-state index contributed by atoms with van der Waals surface area (Å²) in [5, 5.41) is 8.88. The van der Waals surface area contributed by atoms with Gasteiger partial charge in [-0.1, -0.05) is 18.5 Å². The molecule has 4 nitrogen and oxygen atoms in total. The number of nitrogens with one attached hydrogen (secondary N) is 1. The van der Waals surface area contributed by atoms with E-state index in [1.54, 1.807) is 0 Å². The highest BCUT2D eigenvalue weighted by Crippen LogP contribution is 2.23. The zero-order valence-corrected chi connectivity index (χ0v) is 13.7. The Hall–Kier alpha value is -0.580. The van der Waals surface area contributed by atoms with E-state index in [0.29, 0.717) is 0 Å². The van der Waals surface area contributed by atoms with Gasteiger partial charge in [-0.05, 0) is 52.2 Å². The van der Waals surface area contributed by atoms with Crippen molar-refractivity contribution in [3.63, 3.8) is 0 Å². The first-order valence-corrected chi connectivity index (χ1v) is 8.16. The minimum absolute atomic E-state index is 0.809. The van der Waals surface area contributed by atoms with Crippen LogP contribution in [0, 0.1) is 5.92 Å². The molecule has 1 aliphatic heterocycles. The number of hydrogen-bond acceptors (Lipinski definition) is 3. The van der Waals surface area contributed by atoms with Crippen LogP contribution in [0.4, 0.5) is 0 Å². The number of hydrogen-bond donors (Lipinski definition) is 1. The topological polar surface area (TPSA) is 33.1 Å². The van der Waals surface area contributed by atoms with Crippen LogP contribution in [0.5, 0.6) is 0 Å². The van der Waals surface area contributed by atoms with Crippen molar-refractivity contribution in [2.24, 2.45) is 5.92 Å². The lowest BCUT2D eigenvalue weighted by Gasteiger charge is -2.27. The van der Waals surface area contributed by atoms with E-state index < -0.39 is 0 Å². The molecule has 1 N–H and O–H groups in total. The van der Waals surface area contributed by atoms with Crippen LogP contribution in [-0.4, -0.2) is 41.4 Å². The van der Waals surface area contributed by atoms with Crippen molar-refractivity contribution in [3.05, 3.63) is 16.4 Å². The molecule has 0 radical (unpaired) electrons. The zero-order chi connectivity index (χ0) is 14.5. The molecule has 2 heterocycles. The number of halogens is 1. The summed E-state index contributed by atoms with van der Waals surface area (Å²) in [4.78, 5) is 2.39. The Balaban J connectivity index is 1.99. The summed E-state index contributed by atoms with van der Waals surface area (Å²) in [6, 6.07) is 0. The van der Waals surface area contributed by atoms with Gasteiger partial charge in [0.25, 0.3) is 0 Å². The van der Waals surface area contributed by atoms with Crippen LogP contribution in [-0.2, 0) is 19.5 Å². The quantitative estimate of drug-likeness (QED) is 0.876. The zero-order valence-electron chi connectivity index (χ0n) is 13.0. The Morgan fingerprint density at radius 2 is 2.05 bits per heavy atom. The van der Waals surface area contributed by atoms with Crippen molar-refractivity contribution in [2.75, 3.05) is 26.7 Å². The molecular formula is C15H27ClN4. The van der Waals surface area contributed by atoms with E-state index in [1.807, 2.05) is 0 Å². The summed E-state index contributed by atoms with van der Waals surface area (Å²) in [7, 11) is 2.19. The van der Waals surface area contributed by atoms with Crippen LogP contribution in [0.2, 0.25) is 5.02 Å². The van der Waals surface area contributed by atoms with Crippen LogP contribution in [0.25, 0.3) is 0 Å². The molecule has 1 aromatic rings. The van der Waals surface area contributed by atoms with E-state index in [9.17, 15) is 0 Å². The molecule has 5 heteroatoms. The predicted octanol–water partition coefficient (Wildman–Crippen LogP) is 2.55. The molecule has 0 saturated carbocycles. The summed E-state index contributed by atoms with van der Waals surface area (Å²) < 4.78 is 2.06. The predicted molar refractivity (Wildman–Crippen MR) is 84.2 cm³/mol. The lowest BCUT2D eigenvalue weighted by Crippen LogP contribution is -2.34. The van der Waals surface area contributed by atoms with E-state index in [2.05, 4.69) is 40.9 Å². The molecule has 0 atom stereocenters. The van der Waals surface area contributed by atoms with E-state index in [1.165, 1.54) is 18.5 Å². The summed E-state index contributed by atoms with van der Waals surface area (Å²) >= 11 is 6.48. The van der Waals surface area contributed by atoms with Gasteiger partial charge in [0.15, 0.2) is 0 Å². The minimum Gasteiger partial charge on any atom is -0.317 e. The molecular weight excluding hydrogens is 272 g/mol. The summed E-state index contributed by atoms with van der Waals surface area (Å²) in [5.41, 5.74) is 2.20. The second kappa shape index (κ2) is 7.43. The third-order valence-corrected chi connectivity index (χ3v) is 4.58. The average molecular weight is 299 g/mol. The standard InChI is InChI=1S/C15H27ClN4/c1-4-13-15(16)14(20(5-2)18-13)11-19(3)10-12-6-8-17-9-7-12/h12,17H,4-11H2,1-3H3. The fraction of sp³-hybridized carbons (Fsp3) is 0.800. The lowest BCUT2D eigenvalue weighted by atomic mass is 9.98. The van der Waals surface area contributed by atoms with Crippen LogP contribution in [0.15, 0.2) is 0 Å². The molecule has 0 amide bonds. The van der Waals surface area contributed by atoms with Gasteiger partial charge in [0.05, 0.1) is 16.4 Å². The van der Waals surface area contributed by atoms with Crippen molar-refractivity contribution in [2.45, 2.75) is 46.2 Å². The van der Waals surface area contributed by atoms with Crippen LogP contribution in [0.3, 0.4) is 0 Å². The highest BCUT2D eigenvalue weighted by Gasteiger charge is 2.19. The third kappa shape index (κ3) is 3.74. The monoisotopic (exact) mass is 298 g/mol. The van der Waals surface area contributed by atoms with Crippen molar-refractivity contribution < 1.29 is 0 Å². The van der Waals surface area contributed by atoms with Gasteiger partial charge >= 0.3 is 0 Å². The van der Waals surface area contributed by atoms with E-state index >= 15 is 0 Å². The highest BCUT2D eigenvalue weighted by atomic mass is 35.5. The molecule has 0 bridgehead atoms.